The van der Waals surface area contributed by atoms with Crippen LogP contribution < -0.4 is 9.64 Å². The van der Waals surface area contributed by atoms with Gasteiger partial charge in [-0.25, -0.2) is 4.79 Å². The number of carboxylic acids is 1. The molecule has 5 heteroatoms. The van der Waals surface area contributed by atoms with E-state index in [1.165, 1.54) is 5.56 Å². The van der Waals surface area contributed by atoms with E-state index in [1.54, 1.807) is 13.2 Å². The van der Waals surface area contributed by atoms with Gasteiger partial charge in [-0.15, -0.1) is 0 Å². The lowest BCUT2D eigenvalue weighted by atomic mass is 9.78. The Labute approximate surface area is 193 Å². The summed E-state index contributed by atoms with van der Waals surface area (Å²) in [5.74, 6) is -0.186. The smallest absolute Gasteiger partial charge is 0.328 e. The highest BCUT2D eigenvalue weighted by Crippen LogP contribution is 2.46. The fourth-order valence-corrected chi connectivity index (χ4v) is 4.38. The predicted octanol–water partition coefficient (Wildman–Crippen LogP) is 5.52. The lowest BCUT2D eigenvalue weighted by Gasteiger charge is -2.47. The molecule has 0 radical (unpaired) electrons. The van der Waals surface area contributed by atoms with Crippen LogP contribution in [0.2, 0.25) is 0 Å². The van der Waals surface area contributed by atoms with E-state index in [-0.39, 0.29) is 17.9 Å². The third kappa shape index (κ3) is 5.14. The molecule has 1 amide bonds. The first-order valence-corrected chi connectivity index (χ1v) is 11.1. The molecule has 2 atom stereocenters. The molecule has 1 saturated heterocycles. The van der Waals surface area contributed by atoms with E-state index in [4.69, 9.17) is 9.84 Å². The highest BCUT2D eigenvalue weighted by molar-refractivity contribution is 6.03. The molecule has 1 aliphatic rings. The number of benzene rings is 3. The number of carbonyl (C=O) groups excluding carboxylic acids is 1. The number of carboxylic acid groups (broad SMARTS) is 1. The molecule has 0 bridgehead atoms. The van der Waals surface area contributed by atoms with E-state index >= 15 is 0 Å². The molecule has 3 aromatic rings. The van der Waals surface area contributed by atoms with Crippen LogP contribution in [0.4, 0.5) is 5.69 Å². The molecule has 1 aliphatic heterocycles. The van der Waals surface area contributed by atoms with Crippen LogP contribution in [0.5, 0.6) is 5.75 Å². The molecule has 1 heterocycles. The van der Waals surface area contributed by atoms with Crippen molar-refractivity contribution in [1.82, 2.24) is 0 Å². The predicted molar refractivity (Wildman–Crippen MR) is 129 cm³/mol. The average Bonchev–Trinajstić information content (AvgIpc) is 2.85. The summed E-state index contributed by atoms with van der Waals surface area (Å²) in [6, 6.07) is 25.6. The van der Waals surface area contributed by atoms with E-state index in [2.05, 4.69) is 12.1 Å². The number of β-lactam (4-membered cyclic amide) rings is 1. The van der Waals surface area contributed by atoms with Crippen molar-refractivity contribution in [2.75, 3.05) is 12.0 Å². The third-order valence-electron chi connectivity index (χ3n) is 6.08. The van der Waals surface area contributed by atoms with Crippen molar-refractivity contribution in [2.24, 2.45) is 5.92 Å². The van der Waals surface area contributed by atoms with Crippen molar-refractivity contribution in [1.29, 1.82) is 0 Å². The number of aryl methyl sites for hydroxylation is 1. The van der Waals surface area contributed by atoms with Crippen molar-refractivity contribution in [3.63, 3.8) is 0 Å². The maximum absolute atomic E-state index is 13.2. The van der Waals surface area contributed by atoms with Crippen molar-refractivity contribution in [3.05, 3.63) is 102 Å². The molecule has 1 fully saturated rings. The van der Waals surface area contributed by atoms with Crippen LogP contribution in [0.15, 0.2) is 84.9 Å². The number of aliphatic carboxylic acids is 1. The number of anilines is 1. The summed E-state index contributed by atoms with van der Waals surface area (Å²) in [4.78, 5) is 25.9. The number of carbonyl (C=O) groups is 2. The summed E-state index contributed by atoms with van der Waals surface area (Å²) < 4.78 is 5.26. The van der Waals surface area contributed by atoms with Gasteiger partial charge < -0.3 is 14.7 Å². The molecule has 0 saturated carbocycles. The van der Waals surface area contributed by atoms with E-state index < -0.39 is 5.97 Å². The number of ether oxygens (including phenoxy) is 1. The number of amides is 1. The Balaban J connectivity index is 1.54. The number of rotatable bonds is 9. The minimum absolute atomic E-state index is 0.0563. The zero-order chi connectivity index (χ0) is 23.2. The summed E-state index contributed by atoms with van der Waals surface area (Å²) in [5.41, 5.74) is 3.98. The molecule has 0 aromatic heterocycles. The molecular formula is C28H27NO4. The third-order valence-corrected chi connectivity index (χ3v) is 6.08. The SMILES string of the molecule is COc1ccc(N2C(=O)C(CCCc3ccccc3)C2c2ccc(/C=C/C(=O)O)cc2)cc1. The zero-order valence-electron chi connectivity index (χ0n) is 18.6. The van der Waals surface area contributed by atoms with Crippen molar-refractivity contribution < 1.29 is 19.4 Å². The maximum Gasteiger partial charge on any atom is 0.328 e. The van der Waals surface area contributed by atoms with Gasteiger partial charge in [-0.05, 0) is 66.3 Å². The van der Waals surface area contributed by atoms with E-state index in [1.807, 2.05) is 71.6 Å². The molecule has 0 spiro atoms. The monoisotopic (exact) mass is 441 g/mol. The Hall–Kier alpha value is -3.86. The molecule has 2 unspecified atom stereocenters. The van der Waals surface area contributed by atoms with Gasteiger partial charge in [-0.1, -0.05) is 54.6 Å². The number of hydrogen-bond donors (Lipinski definition) is 1. The highest BCUT2D eigenvalue weighted by atomic mass is 16.5. The summed E-state index contributed by atoms with van der Waals surface area (Å²) in [6.07, 6.45) is 5.38. The van der Waals surface area contributed by atoms with Crippen molar-refractivity contribution in [3.8, 4) is 5.75 Å². The van der Waals surface area contributed by atoms with Gasteiger partial charge in [-0.3, -0.25) is 4.79 Å². The number of hydrogen-bond acceptors (Lipinski definition) is 3. The van der Waals surface area contributed by atoms with Crippen LogP contribution in [0, 0.1) is 5.92 Å². The van der Waals surface area contributed by atoms with Crippen molar-refractivity contribution in [2.45, 2.75) is 25.3 Å². The van der Waals surface area contributed by atoms with E-state index in [9.17, 15) is 9.59 Å². The number of nitrogens with zero attached hydrogens (tertiary/aromatic N) is 1. The van der Waals surface area contributed by atoms with Gasteiger partial charge in [0.1, 0.15) is 5.75 Å². The second-order valence-electron chi connectivity index (χ2n) is 8.17. The summed E-state index contributed by atoms with van der Waals surface area (Å²) in [6.45, 7) is 0. The van der Waals surface area contributed by atoms with Gasteiger partial charge in [0.05, 0.1) is 19.1 Å². The van der Waals surface area contributed by atoms with Crippen LogP contribution in [-0.4, -0.2) is 24.1 Å². The standard InChI is InChI=1S/C28H27NO4/c1-33-24-17-15-23(16-18-24)29-27(22-13-10-21(11-14-22)12-19-26(30)31)25(28(29)32)9-5-8-20-6-3-2-4-7-20/h2-4,6-7,10-19,25,27H,5,8-9H2,1H3,(H,30,31)/b19-12+. The topological polar surface area (TPSA) is 66.8 Å². The van der Waals surface area contributed by atoms with Gasteiger partial charge in [0.2, 0.25) is 5.91 Å². The molecule has 4 rings (SSSR count). The lowest BCUT2D eigenvalue weighted by molar-refractivity contribution is -0.132. The van der Waals surface area contributed by atoms with Gasteiger partial charge in [0.15, 0.2) is 0 Å². The van der Waals surface area contributed by atoms with Crippen LogP contribution in [0.25, 0.3) is 6.08 Å². The van der Waals surface area contributed by atoms with E-state index in [0.29, 0.717) is 0 Å². The van der Waals surface area contributed by atoms with Crippen LogP contribution in [0.3, 0.4) is 0 Å². The molecule has 0 aliphatic carbocycles. The minimum Gasteiger partial charge on any atom is -0.497 e. The molecule has 3 aromatic carbocycles. The van der Waals surface area contributed by atoms with Crippen LogP contribution >= 0.6 is 0 Å². The average molecular weight is 442 g/mol. The Morgan fingerprint density at radius 3 is 2.33 bits per heavy atom. The Morgan fingerprint density at radius 2 is 1.70 bits per heavy atom. The van der Waals surface area contributed by atoms with Gasteiger partial charge in [0.25, 0.3) is 0 Å². The molecule has 33 heavy (non-hydrogen) atoms. The van der Waals surface area contributed by atoms with Gasteiger partial charge in [-0.2, -0.15) is 0 Å². The summed E-state index contributed by atoms with van der Waals surface area (Å²) in [7, 11) is 1.62. The van der Waals surface area contributed by atoms with Crippen LogP contribution in [0.1, 0.15) is 35.6 Å². The van der Waals surface area contributed by atoms with Gasteiger partial charge in [0, 0.05) is 11.8 Å². The quantitative estimate of drug-likeness (QED) is 0.351. The first-order chi connectivity index (χ1) is 16.1. The maximum atomic E-state index is 13.2. The first kappa shape index (κ1) is 22.3. The summed E-state index contributed by atoms with van der Waals surface area (Å²) in [5, 5.41) is 8.85. The number of methoxy groups -OCH3 is 1. The second kappa shape index (κ2) is 10.2. The molecule has 5 nitrogen and oxygen atoms in total. The Morgan fingerprint density at radius 1 is 1.00 bits per heavy atom. The molecule has 168 valence electrons. The molecule has 1 N–H and O–H groups in total. The minimum atomic E-state index is -0.979. The highest BCUT2D eigenvalue weighted by Gasteiger charge is 2.48. The normalized spacial score (nSPS) is 17.7. The molecular weight excluding hydrogens is 414 g/mol. The lowest BCUT2D eigenvalue weighted by Crippen LogP contribution is -2.55. The van der Waals surface area contributed by atoms with Crippen LogP contribution in [-0.2, 0) is 16.0 Å². The Bertz CT molecular complexity index is 1120. The summed E-state index contributed by atoms with van der Waals surface area (Å²) >= 11 is 0. The first-order valence-electron chi connectivity index (χ1n) is 11.1. The second-order valence-corrected chi connectivity index (χ2v) is 8.17. The van der Waals surface area contributed by atoms with Gasteiger partial charge >= 0.3 is 5.97 Å². The largest absolute Gasteiger partial charge is 0.497 e. The fourth-order valence-electron chi connectivity index (χ4n) is 4.38. The zero-order valence-corrected chi connectivity index (χ0v) is 18.6. The Kier molecular flexibility index (Phi) is 6.89. The van der Waals surface area contributed by atoms with E-state index in [0.717, 1.165) is 47.9 Å². The van der Waals surface area contributed by atoms with Crippen molar-refractivity contribution >= 4 is 23.6 Å². The fraction of sp³-hybridized carbons (Fsp3) is 0.214.